The lowest BCUT2D eigenvalue weighted by atomic mass is 10.1. The molecule has 1 aliphatic rings. The van der Waals surface area contributed by atoms with E-state index in [1.807, 2.05) is 6.92 Å². The zero-order valence-corrected chi connectivity index (χ0v) is 7.71. The Balaban J connectivity index is 2.06. The van der Waals surface area contributed by atoms with Crippen molar-refractivity contribution in [1.82, 2.24) is 0 Å². The minimum Gasteiger partial charge on any atom is -0.411 e. The average molecular weight is 181 g/mol. The van der Waals surface area contributed by atoms with Crippen LogP contribution in [0.5, 0.6) is 0 Å². The van der Waals surface area contributed by atoms with E-state index in [-0.39, 0.29) is 0 Å². The number of nitrogens with zero attached hydrogens (tertiary/aromatic N) is 1. The molecule has 1 fully saturated rings. The molecule has 1 aromatic rings. The summed E-state index contributed by atoms with van der Waals surface area (Å²) >= 11 is 1.73. The Morgan fingerprint density at radius 2 is 2.58 bits per heavy atom. The van der Waals surface area contributed by atoms with Gasteiger partial charge in [0, 0.05) is 5.92 Å². The van der Waals surface area contributed by atoms with Crippen LogP contribution in [0.15, 0.2) is 22.0 Å². The van der Waals surface area contributed by atoms with E-state index in [2.05, 4.69) is 22.0 Å². The van der Waals surface area contributed by atoms with Crippen molar-refractivity contribution in [2.24, 2.45) is 11.1 Å². The molecular formula is C9H11NOS. The molecule has 2 rings (SSSR count). The third kappa shape index (κ3) is 1.25. The molecule has 0 amide bonds. The van der Waals surface area contributed by atoms with E-state index in [0.29, 0.717) is 11.8 Å². The van der Waals surface area contributed by atoms with Crippen molar-refractivity contribution >= 4 is 17.0 Å². The van der Waals surface area contributed by atoms with Gasteiger partial charge < -0.3 is 5.21 Å². The summed E-state index contributed by atoms with van der Waals surface area (Å²) in [5.74, 6) is 1.11. The van der Waals surface area contributed by atoms with Crippen LogP contribution in [0, 0.1) is 5.92 Å². The monoisotopic (exact) mass is 181 g/mol. The summed E-state index contributed by atoms with van der Waals surface area (Å²) < 4.78 is 0. The lowest BCUT2D eigenvalue weighted by Crippen LogP contribution is -1.95. The summed E-state index contributed by atoms with van der Waals surface area (Å²) in [6.45, 7) is 1.89. The quantitative estimate of drug-likeness (QED) is 0.424. The van der Waals surface area contributed by atoms with Crippen LogP contribution in [-0.2, 0) is 0 Å². The van der Waals surface area contributed by atoms with Crippen molar-refractivity contribution in [3.05, 3.63) is 22.4 Å². The Labute approximate surface area is 75.5 Å². The van der Waals surface area contributed by atoms with Crippen LogP contribution in [0.3, 0.4) is 0 Å². The highest BCUT2D eigenvalue weighted by molar-refractivity contribution is 7.08. The van der Waals surface area contributed by atoms with Gasteiger partial charge in [-0.05, 0) is 41.7 Å². The Hall–Kier alpha value is -0.830. The van der Waals surface area contributed by atoms with Crippen LogP contribution in [-0.4, -0.2) is 10.9 Å². The number of oxime groups is 1. The maximum atomic E-state index is 8.55. The maximum Gasteiger partial charge on any atom is 0.0577 e. The molecule has 2 unspecified atom stereocenters. The summed E-state index contributed by atoms with van der Waals surface area (Å²) in [7, 11) is 0. The summed E-state index contributed by atoms with van der Waals surface area (Å²) in [6.07, 6.45) is 1.15. The third-order valence-electron chi connectivity index (χ3n) is 2.46. The van der Waals surface area contributed by atoms with Gasteiger partial charge in [-0.15, -0.1) is 0 Å². The lowest BCUT2D eigenvalue weighted by molar-refractivity contribution is 0.316. The predicted molar refractivity (Wildman–Crippen MR) is 50.1 cm³/mol. The molecule has 2 nitrogen and oxygen atoms in total. The topological polar surface area (TPSA) is 32.6 Å². The molecule has 1 aliphatic carbocycles. The van der Waals surface area contributed by atoms with Gasteiger partial charge in [-0.25, -0.2) is 0 Å². The minimum absolute atomic E-state index is 0.490. The smallest absolute Gasteiger partial charge is 0.0577 e. The zero-order valence-electron chi connectivity index (χ0n) is 6.90. The first-order valence-corrected chi connectivity index (χ1v) is 4.98. The molecule has 1 N–H and O–H groups in total. The third-order valence-corrected chi connectivity index (χ3v) is 3.16. The summed E-state index contributed by atoms with van der Waals surface area (Å²) in [4.78, 5) is 0. The van der Waals surface area contributed by atoms with Gasteiger partial charge in [-0.2, -0.15) is 11.3 Å². The molecule has 0 aliphatic heterocycles. The van der Waals surface area contributed by atoms with E-state index in [1.165, 1.54) is 5.56 Å². The Morgan fingerprint density at radius 1 is 1.75 bits per heavy atom. The van der Waals surface area contributed by atoms with Crippen LogP contribution < -0.4 is 0 Å². The van der Waals surface area contributed by atoms with Crippen molar-refractivity contribution in [2.45, 2.75) is 19.3 Å². The van der Waals surface area contributed by atoms with Gasteiger partial charge in [0.2, 0.25) is 0 Å². The molecule has 1 saturated carbocycles. The normalized spacial score (nSPS) is 28.9. The van der Waals surface area contributed by atoms with Crippen molar-refractivity contribution in [2.75, 3.05) is 0 Å². The number of thiophene rings is 1. The highest BCUT2D eigenvalue weighted by atomic mass is 32.1. The van der Waals surface area contributed by atoms with E-state index in [9.17, 15) is 0 Å². The number of hydrogen-bond donors (Lipinski definition) is 1. The second-order valence-corrected chi connectivity index (χ2v) is 4.03. The zero-order chi connectivity index (χ0) is 8.55. The van der Waals surface area contributed by atoms with E-state index < -0.39 is 0 Å². The van der Waals surface area contributed by atoms with Gasteiger partial charge in [0.15, 0.2) is 0 Å². The van der Waals surface area contributed by atoms with Gasteiger partial charge in [-0.3, -0.25) is 0 Å². The van der Waals surface area contributed by atoms with Crippen molar-refractivity contribution in [3.8, 4) is 0 Å². The lowest BCUT2D eigenvalue weighted by Gasteiger charge is -1.93. The van der Waals surface area contributed by atoms with Crippen LogP contribution in [0.1, 0.15) is 24.8 Å². The SMILES string of the molecule is C/C(=N\O)C1CC1c1ccsc1. The molecule has 0 radical (unpaired) electrons. The fraction of sp³-hybridized carbons (Fsp3) is 0.444. The van der Waals surface area contributed by atoms with Crippen molar-refractivity contribution < 1.29 is 5.21 Å². The Morgan fingerprint density at radius 3 is 3.17 bits per heavy atom. The van der Waals surface area contributed by atoms with Gasteiger partial charge in [-0.1, -0.05) is 5.16 Å². The van der Waals surface area contributed by atoms with Gasteiger partial charge >= 0.3 is 0 Å². The number of hydrogen-bond acceptors (Lipinski definition) is 3. The predicted octanol–water partition coefficient (Wildman–Crippen LogP) is 2.70. The van der Waals surface area contributed by atoms with E-state index in [1.54, 1.807) is 11.3 Å². The van der Waals surface area contributed by atoms with Crippen LogP contribution in [0.4, 0.5) is 0 Å². The molecule has 0 aromatic carbocycles. The average Bonchev–Trinajstić information content (AvgIpc) is 2.71. The first-order chi connectivity index (χ1) is 5.83. The largest absolute Gasteiger partial charge is 0.411 e. The Bertz CT molecular complexity index is 291. The van der Waals surface area contributed by atoms with E-state index >= 15 is 0 Å². The highest BCUT2D eigenvalue weighted by Crippen LogP contribution is 2.48. The molecule has 64 valence electrons. The molecule has 2 atom stereocenters. The molecule has 1 heterocycles. The molecule has 0 saturated heterocycles. The van der Waals surface area contributed by atoms with Crippen LogP contribution >= 0.6 is 11.3 Å². The first-order valence-electron chi connectivity index (χ1n) is 4.03. The first kappa shape index (κ1) is 7.80. The van der Waals surface area contributed by atoms with E-state index in [4.69, 9.17) is 5.21 Å². The van der Waals surface area contributed by atoms with Crippen molar-refractivity contribution in [3.63, 3.8) is 0 Å². The summed E-state index contributed by atoms with van der Waals surface area (Å²) in [5, 5.41) is 16.1. The molecule has 0 bridgehead atoms. The second-order valence-electron chi connectivity index (χ2n) is 3.25. The minimum atomic E-state index is 0.490. The molecular weight excluding hydrogens is 170 g/mol. The van der Waals surface area contributed by atoms with Gasteiger partial charge in [0.05, 0.1) is 5.71 Å². The van der Waals surface area contributed by atoms with E-state index in [0.717, 1.165) is 12.1 Å². The number of rotatable bonds is 2. The fourth-order valence-electron chi connectivity index (χ4n) is 1.59. The maximum absolute atomic E-state index is 8.55. The standard InChI is InChI=1S/C9H11NOS/c1-6(10-11)8-4-9(8)7-2-3-12-5-7/h2-3,5,8-9,11H,4H2,1H3/b10-6+. The Kier molecular flexibility index (Phi) is 1.89. The van der Waals surface area contributed by atoms with Gasteiger partial charge in [0.1, 0.15) is 0 Å². The fourth-order valence-corrected chi connectivity index (χ4v) is 2.31. The second kappa shape index (κ2) is 2.90. The van der Waals surface area contributed by atoms with Crippen molar-refractivity contribution in [1.29, 1.82) is 0 Å². The molecule has 12 heavy (non-hydrogen) atoms. The molecule has 1 aromatic heterocycles. The van der Waals surface area contributed by atoms with Crippen LogP contribution in [0.2, 0.25) is 0 Å². The highest BCUT2D eigenvalue weighted by Gasteiger charge is 2.40. The van der Waals surface area contributed by atoms with Gasteiger partial charge in [0.25, 0.3) is 0 Å². The summed E-state index contributed by atoms with van der Waals surface area (Å²) in [5.41, 5.74) is 2.26. The molecule has 0 spiro atoms. The molecule has 3 heteroatoms. The summed E-state index contributed by atoms with van der Waals surface area (Å²) in [6, 6.07) is 2.15. The van der Waals surface area contributed by atoms with Crippen LogP contribution in [0.25, 0.3) is 0 Å².